The highest BCUT2D eigenvalue weighted by atomic mass is 16.4. The molecule has 0 saturated carbocycles. The van der Waals surface area contributed by atoms with Crippen molar-refractivity contribution in [3.63, 3.8) is 0 Å². The van der Waals surface area contributed by atoms with Gasteiger partial charge in [-0.05, 0) is 25.7 Å². The van der Waals surface area contributed by atoms with Crippen molar-refractivity contribution >= 4 is 5.97 Å². The lowest BCUT2D eigenvalue weighted by molar-refractivity contribution is -0.137. The standard InChI is InChI=1S/C11H16N2O2/c1-2-10-12-8-5-3-4-6-9(8)13(10)7-11(14)15/h2-7H2,1H3,(H,14,15). The predicted molar refractivity (Wildman–Crippen MR) is 55.9 cm³/mol. The van der Waals surface area contributed by atoms with E-state index in [9.17, 15) is 4.79 Å². The van der Waals surface area contributed by atoms with Gasteiger partial charge in [0, 0.05) is 12.1 Å². The third-order valence-corrected chi connectivity index (χ3v) is 2.92. The van der Waals surface area contributed by atoms with Crippen molar-refractivity contribution < 1.29 is 9.90 Å². The lowest BCUT2D eigenvalue weighted by atomic mass is 10.0. The number of nitrogens with zero attached hydrogens (tertiary/aromatic N) is 2. The zero-order valence-corrected chi connectivity index (χ0v) is 8.99. The van der Waals surface area contributed by atoms with Gasteiger partial charge in [0.2, 0.25) is 0 Å². The molecule has 1 heterocycles. The average molecular weight is 208 g/mol. The van der Waals surface area contributed by atoms with Crippen LogP contribution >= 0.6 is 0 Å². The molecule has 0 radical (unpaired) electrons. The summed E-state index contributed by atoms with van der Waals surface area (Å²) in [6.45, 7) is 2.08. The first kappa shape index (κ1) is 10.2. The molecular formula is C11H16N2O2. The molecule has 15 heavy (non-hydrogen) atoms. The maximum Gasteiger partial charge on any atom is 0.323 e. The van der Waals surface area contributed by atoms with Crippen molar-refractivity contribution in [1.82, 2.24) is 9.55 Å². The van der Waals surface area contributed by atoms with Crippen molar-refractivity contribution in [3.05, 3.63) is 17.2 Å². The van der Waals surface area contributed by atoms with Crippen LogP contribution < -0.4 is 0 Å². The van der Waals surface area contributed by atoms with Crippen molar-refractivity contribution in [2.75, 3.05) is 0 Å². The number of carboxylic acids is 1. The molecule has 1 aliphatic rings. The molecule has 0 fully saturated rings. The number of aryl methyl sites for hydroxylation is 2. The highest BCUT2D eigenvalue weighted by Gasteiger charge is 2.19. The molecule has 0 spiro atoms. The number of aromatic nitrogens is 2. The summed E-state index contributed by atoms with van der Waals surface area (Å²) in [4.78, 5) is 15.3. The minimum atomic E-state index is -0.782. The summed E-state index contributed by atoms with van der Waals surface area (Å²) in [5.74, 6) is 0.139. The van der Waals surface area contributed by atoms with Gasteiger partial charge in [0.05, 0.1) is 5.69 Å². The van der Waals surface area contributed by atoms with Crippen LogP contribution in [0.4, 0.5) is 0 Å². The fraction of sp³-hybridized carbons (Fsp3) is 0.636. The molecule has 0 unspecified atom stereocenters. The summed E-state index contributed by atoms with van der Waals surface area (Å²) < 4.78 is 1.89. The molecule has 4 nitrogen and oxygen atoms in total. The molecule has 0 aliphatic heterocycles. The Morgan fingerprint density at radius 1 is 1.47 bits per heavy atom. The van der Waals surface area contributed by atoms with Crippen LogP contribution in [0.2, 0.25) is 0 Å². The van der Waals surface area contributed by atoms with Gasteiger partial charge in [0.15, 0.2) is 0 Å². The Labute approximate surface area is 88.9 Å². The molecule has 1 aromatic rings. The van der Waals surface area contributed by atoms with E-state index in [-0.39, 0.29) is 6.54 Å². The number of hydrogen-bond acceptors (Lipinski definition) is 2. The second kappa shape index (κ2) is 4.04. The number of carbonyl (C=O) groups is 1. The lowest BCUT2D eigenvalue weighted by Gasteiger charge is -2.13. The summed E-state index contributed by atoms with van der Waals surface area (Å²) in [7, 11) is 0. The Bertz CT molecular complexity index is 382. The summed E-state index contributed by atoms with van der Waals surface area (Å²) in [6.07, 6.45) is 5.13. The largest absolute Gasteiger partial charge is 0.480 e. The maximum atomic E-state index is 10.8. The average Bonchev–Trinajstić information content (AvgIpc) is 2.56. The van der Waals surface area contributed by atoms with Crippen molar-refractivity contribution in [3.8, 4) is 0 Å². The molecule has 0 atom stereocenters. The van der Waals surface area contributed by atoms with Gasteiger partial charge in [-0.25, -0.2) is 4.98 Å². The minimum Gasteiger partial charge on any atom is -0.480 e. The maximum absolute atomic E-state index is 10.8. The SMILES string of the molecule is CCc1nc2c(n1CC(=O)O)CCCC2. The zero-order chi connectivity index (χ0) is 10.8. The van der Waals surface area contributed by atoms with Gasteiger partial charge in [0.1, 0.15) is 12.4 Å². The van der Waals surface area contributed by atoms with Crippen molar-refractivity contribution in [2.45, 2.75) is 45.6 Å². The van der Waals surface area contributed by atoms with Gasteiger partial charge >= 0.3 is 5.97 Å². The zero-order valence-electron chi connectivity index (χ0n) is 8.99. The van der Waals surface area contributed by atoms with Crippen molar-refractivity contribution in [2.24, 2.45) is 0 Å². The highest BCUT2D eigenvalue weighted by molar-refractivity contribution is 5.66. The summed E-state index contributed by atoms with van der Waals surface area (Å²) in [5.41, 5.74) is 2.28. The van der Waals surface area contributed by atoms with Crippen LogP contribution in [0.1, 0.15) is 37.0 Å². The molecule has 0 amide bonds. The molecule has 82 valence electrons. The van der Waals surface area contributed by atoms with Gasteiger partial charge in [-0.2, -0.15) is 0 Å². The highest BCUT2D eigenvalue weighted by Crippen LogP contribution is 2.22. The number of hydrogen-bond donors (Lipinski definition) is 1. The van der Waals surface area contributed by atoms with Gasteiger partial charge in [-0.15, -0.1) is 0 Å². The third-order valence-electron chi connectivity index (χ3n) is 2.92. The van der Waals surface area contributed by atoms with E-state index in [2.05, 4.69) is 4.98 Å². The molecule has 4 heteroatoms. The number of fused-ring (bicyclic) bond motifs is 1. The topological polar surface area (TPSA) is 55.1 Å². The Morgan fingerprint density at radius 2 is 2.20 bits per heavy atom. The Hall–Kier alpha value is -1.32. The first-order valence-electron chi connectivity index (χ1n) is 5.51. The first-order valence-corrected chi connectivity index (χ1v) is 5.51. The minimum absolute atomic E-state index is 0.0610. The van der Waals surface area contributed by atoms with E-state index in [1.54, 1.807) is 0 Å². The molecule has 0 bridgehead atoms. The fourth-order valence-electron chi connectivity index (χ4n) is 2.25. The summed E-state index contributed by atoms with van der Waals surface area (Å²) in [5, 5.41) is 8.86. The van der Waals surface area contributed by atoms with Crippen molar-refractivity contribution in [1.29, 1.82) is 0 Å². The van der Waals surface area contributed by atoms with Gasteiger partial charge in [0.25, 0.3) is 0 Å². The molecule has 1 N–H and O–H groups in total. The monoisotopic (exact) mass is 208 g/mol. The predicted octanol–water partition coefficient (Wildman–Crippen LogP) is 1.41. The van der Waals surface area contributed by atoms with Crippen LogP contribution in [-0.4, -0.2) is 20.6 Å². The van der Waals surface area contributed by atoms with Crippen LogP contribution in [0.25, 0.3) is 0 Å². The van der Waals surface area contributed by atoms with Crippen LogP contribution in [0, 0.1) is 0 Å². The lowest BCUT2D eigenvalue weighted by Crippen LogP contribution is -2.15. The second-order valence-electron chi connectivity index (χ2n) is 3.96. The Balaban J connectivity index is 2.39. The van der Waals surface area contributed by atoms with E-state index in [4.69, 9.17) is 5.11 Å². The van der Waals surface area contributed by atoms with E-state index in [0.29, 0.717) is 0 Å². The van der Waals surface area contributed by atoms with Crippen LogP contribution in [0.15, 0.2) is 0 Å². The summed E-state index contributed by atoms with van der Waals surface area (Å²) in [6, 6.07) is 0. The molecule has 2 rings (SSSR count). The van der Waals surface area contributed by atoms with E-state index in [1.807, 2.05) is 11.5 Å². The molecular weight excluding hydrogens is 192 g/mol. The molecule has 1 aliphatic carbocycles. The summed E-state index contributed by atoms with van der Waals surface area (Å²) >= 11 is 0. The van der Waals surface area contributed by atoms with Gasteiger partial charge < -0.3 is 9.67 Å². The van der Waals surface area contributed by atoms with Crippen LogP contribution in [0.3, 0.4) is 0 Å². The Morgan fingerprint density at radius 3 is 2.87 bits per heavy atom. The normalized spacial score (nSPS) is 15.0. The third kappa shape index (κ3) is 1.89. The van der Waals surface area contributed by atoms with E-state index in [1.165, 1.54) is 6.42 Å². The van der Waals surface area contributed by atoms with Crippen LogP contribution in [0.5, 0.6) is 0 Å². The van der Waals surface area contributed by atoms with E-state index < -0.39 is 5.97 Å². The molecule has 0 aromatic carbocycles. The number of aliphatic carboxylic acids is 1. The van der Waals surface area contributed by atoms with Crippen LogP contribution in [-0.2, 0) is 30.6 Å². The van der Waals surface area contributed by atoms with Gasteiger partial charge in [-0.3, -0.25) is 4.79 Å². The fourth-order valence-corrected chi connectivity index (χ4v) is 2.25. The number of rotatable bonds is 3. The quantitative estimate of drug-likeness (QED) is 0.817. The second-order valence-corrected chi connectivity index (χ2v) is 3.96. The Kier molecular flexibility index (Phi) is 2.75. The first-order chi connectivity index (χ1) is 7.22. The number of carboxylic acid groups (broad SMARTS) is 1. The smallest absolute Gasteiger partial charge is 0.323 e. The van der Waals surface area contributed by atoms with E-state index >= 15 is 0 Å². The molecule has 1 aromatic heterocycles. The molecule has 0 saturated heterocycles. The van der Waals surface area contributed by atoms with E-state index in [0.717, 1.165) is 42.9 Å². The van der Waals surface area contributed by atoms with Gasteiger partial charge in [-0.1, -0.05) is 6.92 Å². The number of imidazole rings is 1.